The number of carbonyl (C=O) groups excluding carboxylic acids is 2. The van der Waals surface area contributed by atoms with Crippen molar-refractivity contribution in [3.8, 4) is 39.4 Å². The van der Waals surface area contributed by atoms with Crippen molar-refractivity contribution >= 4 is 39.9 Å². The van der Waals surface area contributed by atoms with Crippen LogP contribution in [0, 0.1) is 11.8 Å². The SMILES string of the molecule is CC(=O)Nc1nc2c(s1)-c1c(c(-c3ccc(C#CCO)nc3)nn1-c1ccc(C(=O)N(C)C)cc1Cl)CC2. The molecule has 2 amide bonds. The van der Waals surface area contributed by atoms with Gasteiger partial charge in [-0.1, -0.05) is 28.9 Å². The lowest BCUT2D eigenvalue weighted by Crippen LogP contribution is -2.21. The van der Waals surface area contributed by atoms with Crippen LogP contribution < -0.4 is 5.32 Å². The lowest BCUT2D eigenvalue weighted by atomic mass is 9.95. The highest BCUT2D eigenvalue weighted by Gasteiger charge is 2.30. The fourth-order valence-electron chi connectivity index (χ4n) is 4.29. The predicted octanol–water partition coefficient (Wildman–Crippen LogP) is 3.81. The third-order valence-corrected chi connectivity index (χ3v) is 7.27. The molecule has 4 aromatic rings. The van der Waals surface area contributed by atoms with E-state index in [2.05, 4.69) is 27.1 Å². The van der Waals surface area contributed by atoms with Crippen LogP contribution in [0.15, 0.2) is 36.5 Å². The van der Waals surface area contributed by atoms with Gasteiger partial charge < -0.3 is 15.3 Å². The maximum absolute atomic E-state index is 12.5. The molecule has 0 saturated heterocycles. The average molecular weight is 547 g/mol. The van der Waals surface area contributed by atoms with Gasteiger partial charge in [-0.3, -0.25) is 9.59 Å². The van der Waals surface area contributed by atoms with Gasteiger partial charge in [0.25, 0.3) is 5.91 Å². The second kappa shape index (κ2) is 10.4. The lowest BCUT2D eigenvalue weighted by Gasteiger charge is -2.16. The first-order valence-electron chi connectivity index (χ1n) is 11.7. The number of hydrogen-bond acceptors (Lipinski definition) is 7. The predicted molar refractivity (Wildman–Crippen MR) is 147 cm³/mol. The third-order valence-electron chi connectivity index (χ3n) is 5.95. The van der Waals surface area contributed by atoms with Gasteiger partial charge in [0, 0.05) is 43.9 Å². The molecule has 5 rings (SSSR count). The van der Waals surface area contributed by atoms with Gasteiger partial charge in [-0.25, -0.2) is 14.6 Å². The number of aromatic nitrogens is 4. The molecule has 2 N–H and O–H groups in total. The number of thiazole rings is 1. The summed E-state index contributed by atoms with van der Waals surface area (Å²) in [5.74, 6) is 5.06. The van der Waals surface area contributed by atoms with Crippen molar-refractivity contribution in [1.29, 1.82) is 0 Å². The van der Waals surface area contributed by atoms with E-state index in [4.69, 9.17) is 21.8 Å². The van der Waals surface area contributed by atoms with Crippen LogP contribution in [0.2, 0.25) is 5.02 Å². The molecule has 3 aromatic heterocycles. The first-order chi connectivity index (χ1) is 18.3. The summed E-state index contributed by atoms with van der Waals surface area (Å²) >= 11 is 8.12. The van der Waals surface area contributed by atoms with Crippen molar-refractivity contribution in [2.24, 2.45) is 0 Å². The van der Waals surface area contributed by atoms with E-state index < -0.39 is 0 Å². The van der Waals surface area contributed by atoms with E-state index in [0.717, 1.165) is 33.1 Å². The Hall–Kier alpha value is -4.04. The summed E-state index contributed by atoms with van der Waals surface area (Å²) in [4.78, 5) is 35.6. The molecule has 0 unspecified atom stereocenters. The van der Waals surface area contributed by atoms with Gasteiger partial charge in [-0.15, -0.1) is 0 Å². The van der Waals surface area contributed by atoms with Crippen LogP contribution in [0.4, 0.5) is 5.13 Å². The standard InChI is InChI=1S/C27H23ClN6O3S/c1-15(36)30-27-31-21-10-9-19-23(17-6-8-18(29-14-17)5-4-12-35)32-34(24(19)25(21)38-27)22-11-7-16(13-20(22)28)26(37)33(2)3/h6-8,11,13-14,35H,9-10,12H2,1-3H3,(H,30,31,36). The van der Waals surface area contributed by atoms with E-state index in [1.165, 1.54) is 23.2 Å². The van der Waals surface area contributed by atoms with Crippen LogP contribution in [-0.4, -0.2) is 62.3 Å². The largest absolute Gasteiger partial charge is 0.384 e. The van der Waals surface area contributed by atoms with Crippen LogP contribution >= 0.6 is 22.9 Å². The number of fused-ring (bicyclic) bond motifs is 3. The number of aliphatic hydroxyl groups is 1. The third kappa shape index (κ3) is 4.79. The zero-order chi connectivity index (χ0) is 27.0. The molecule has 9 nitrogen and oxygen atoms in total. The fraction of sp³-hybridized carbons (Fsp3) is 0.222. The molecule has 3 heterocycles. The van der Waals surface area contributed by atoms with Crippen molar-refractivity contribution in [2.45, 2.75) is 19.8 Å². The fourth-order valence-corrected chi connectivity index (χ4v) is 5.66. The number of rotatable bonds is 4. The summed E-state index contributed by atoms with van der Waals surface area (Å²) < 4.78 is 1.78. The van der Waals surface area contributed by atoms with Gasteiger partial charge in [-0.05, 0) is 49.1 Å². The van der Waals surface area contributed by atoms with E-state index in [9.17, 15) is 9.59 Å². The van der Waals surface area contributed by atoms with Crippen LogP contribution in [0.3, 0.4) is 0 Å². The minimum atomic E-state index is -0.237. The molecule has 0 atom stereocenters. The van der Waals surface area contributed by atoms with Crippen molar-refractivity contribution < 1.29 is 14.7 Å². The number of anilines is 1. The molecule has 192 valence electrons. The first-order valence-corrected chi connectivity index (χ1v) is 12.9. The second-order valence-electron chi connectivity index (χ2n) is 8.82. The van der Waals surface area contributed by atoms with Gasteiger partial charge in [0.1, 0.15) is 12.3 Å². The second-order valence-corrected chi connectivity index (χ2v) is 10.2. The zero-order valence-corrected chi connectivity index (χ0v) is 22.4. The van der Waals surface area contributed by atoms with E-state index >= 15 is 0 Å². The van der Waals surface area contributed by atoms with E-state index in [1.807, 2.05) is 6.07 Å². The molecule has 0 fully saturated rings. The molecule has 38 heavy (non-hydrogen) atoms. The highest BCUT2D eigenvalue weighted by molar-refractivity contribution is 7.19. The summed E-state index contributed by atoms with van der Waals surface area (Å²) in [6.07, 6.45) is 3.08. The number of amides is 2. The number of aliphatic hydroxyl groups excluding tert-OH is 1. The molecule has 0 spiro atoms. The Bertz CT molecular complexity index is 1630. The molecule has 1 aliphatic carbocycles. The van der Waals surface area contributed by atoms with E-state index in [0.29, 0.717) is 39.9 Å². The molecule has 0 saturated carbocycles. The number of aryl methyl sites for hydroxylation is 1. The van der Waals surface area contributed by atoms with Gasteiger partial charge >= 0.3 is 0 Å². The topological polar surface area (TPSA) is 113 Å². The highest BCUT2D eigenvalue weighted by atomic mass is 35.5. The Morgan fingerprint density at radius 3 is 2.71 bits per heavy atom. The quantitative estimate of drug-likeness (QED) is 0.376. The van der Waals surface area contributed by atoms with Crippen molar-refractivity contribution in [3.63, 3.8) is 0 Å². The Morgan fingerprint density at radius 1 is 1.24 bits per heavy atom. The molecular weight excluding hydrogens is 524 g/mol. The van der Waals surface area contributed by atoms with Crippen molar-refractivity contribution in [3.05, 3.63) is 64.1 Å². The molecule has 0 bridgehead atoms. The summed E-state index contributed by atoms with van der Waals surface area (Å²) in [6.45, 7) is 1.21. The minimum absolute atomic E-state index is 0.151. The van der Waals surface area contributed by atoms with Crippen molar-refractivity contribution in [1.82, 2.24) is 24.6 Å². The van der Waals surface area contributed by atoms with Gasteiger partial charge in [0.05, 0.1) is 32.7 Å². The van der Waals surface area contributed by atoms with Gasteiger partial charge in [-0.2, -0.15) is 5.10 Å². The van der Waals surface area contributed by atoms with Crippen LogP contribution in [0.25, 0.3) is 27.5 Å². The Kier molecular flexibility index (Phi) is 6.99. The summed E-state index contributed by atoms with van der Waals surface area (Å²) in [7, 11) is 3.37. The maximum atomic E-state index is 12.5. The Balaban J connectivity index is 1.68. The Morgan fingerprint density at radius 2 is 2.05 bits per heavy atom. The summed E-state index contributed by atoms with van der Waals surface area (Å²) in [5.41, 5.74) is 5.92. The van der Waals surface area contributed by atoms with Crippen LogP contribution in [0.1, 0.15) is 34.2 Å². The van der Waals surface area contributed by atoms with Crippen LogP contribution in [-0.2, 0) is 17.6 Å². The molecule has 0 radical (unpaired) electrons. The normalized spacial score (nSPS) is 11.7. The zero-order valence-electron chi connectivity index (χ0n) is 20.9. The summed E-state index contributed by atoms with van der Waals surface area (Å²) in [5, 5.41) is 17.6. The lowest BCUT2D eigenvalue weighted by molar-refractivity contribution is -0.114. The number of pyridine rings is 1. The molecule has 1 aromatic carbocycles. The molecule has 11 heteroatoms. The maximum Gasteiger partial charge on any atom is 0.253 e. The number of hydrogen-bond donors (Lipinski definition) is 2. The first kappa shape index (κ1) is 25.6. The summed E-state index contributed by atoms with van der Waals surface area (Å²) in [6, 6.07) is 8.83. The average Bonchev–Trinajstić information content (AvgIpc) is 3.47. The molecular formula is C27H23ClN6O3S. The van der Waals surface area contributed by atoms with E-state index in [1.54, 1.807) is 49.2 Å². The number of nitrogens with one attached hydrogen (secondary N) is 1. The van der Waals surface area contributed by atoms with Crippen LogP contribution in [0.5, 0.6) is 0 Å². The number of halogens is 1. The monoisotopic (exact) mass is 546 g/mol. The molecule has 0 aliphatic heterocycles. The van der Waals surface area contributed by atoms with E-state index in [-0.39, 0.29) is 18.4 Å². The van der Waals surface area contributed by atoms with Crippen molar-refractivity contribution in [2.75, 3.05) is 26.0 Å². The molecule has 1 aliphatic rings. The number of nitrogens with zero attached hydrogens (tertiary/aromatic N) is 5. The smallest absolute Gasteiger partial charge is 0.253 e. The Labute approximate surface area is 228 Å². The number of carbonyl (C=O) groups is 2. The van der Waals surface area contributed by atoms with Gasteiger partial charge in [0.2, 0.25) is 5.91 Å². The minimum Gasteiger partial charge on any atom is -0.384 e. The van der Waals surface area contributed by atoms with Gasteiger partial charge in [0.15, 0.2) is 5.13 Å². The highest BCUT2D eigenvalue weighted by Crippen LogP contribution is 2.44. The number of benzene rings is 1.